The molecule has 2 amide bonds. The van der Waals surface area contributed by atoms with Crippen molar-refractivity contribution in [1.29, 1.82) is 0 Å². The zero-order chi connectivity index (χ0) is 14.5. The van der Waals surface area contributed by atoms with Gasteiger partial charge in [-0.05, 0) is 5.56 Å². The van der Waals surface area contributed by atoms with Crippen molar-refractivity contribution in [2.75, 3.05) is 26.2 Å². The van der Waals surface area contributed by atoms with Gasteiger partial charge in [0.25, 0.3) is 0 Å². The van der Waals surface area contributed by atoms with Gasteiger partial charge in [-0.2, -0.15) is 0 Å². The Kier molecular flexibility index (Phi) is 7.24. The first kappa shape index (κ1) is 18.0. The summed E-state index contributed by atoms with van der Waals surface area (Å²) in [6.45, 7) is 7.40. The Hall–Kier alpha value is -1.02. The molecule has 1 fully saturated rings. The van der Waals surface area contributed by atoms with Crippen molar-refractivity contribution in [2.45, 2.75) is 6.23 Å². The number of aliphatic hydroxyl groups excluding tert-OH is 1. The normalized spacial score (nSPS) is 15.3. The Labute approximate surface area is 148 Å². The molecule has 0 bridgehead atoms. The van der Waals surface area contributed by atoms with Crippen molar-refractivity contribution in [3.8, 4) is 0 Å². The fraction of sp³-hybridized carbons (Fsp3) is 0.385. The average molecular weight is 366 g/mol. The van der Waals surface area contributed by atoms with Crippen molar-refractivity contribution in [3.63, 3.8) is 0 Å². The molecule has 111 valence electrons. The van der Waals surface area contributed by atoms with Crippen LogP contribution in [0.3, 0.4) is 0 Å². The average Bonchev–Trinajstić information content (AvgIpc) is 2.84. The maximum absolute atomic E-state index is 11.3. The molecule has 3 N–H and O–H groups in total. The number of amides is 2. The standard InChI is InChI=1S/C13H17N4O3.Y/c1-16(20)11-4-2-10(3-5-11)12(18)14-6-8-17-9-7-15-13(17)19;/h1-5,12,14,18H,6-9H2,(H,15,19);/q-1;. The van der Waals surface area contributed by atoms with Crippen molar-refractivity contribution >= 4 is 18.4 Å². The van der Waals surface area contributed by atoms with Gasteiger partial charge in [0.15, 0.2) is 0 Å². The number of hydrogen-bond acceptors (Lipinski definition) is 4. The zero-order valence-electron chi connectivity index (χ0n) is 11.5. The van der Waals surface area contributed by atoms with Crippen molar-refractivity contribution in [3.05, 3.63) is 35.0 Å². The molecule has 0 aromatic heterocycles. The summed E-state index contributed by atoms with van der Waals surface area (Å²) in [5.74, 6) is 0. The van der Waals surface area contributed by atoms with Gasteiger partial charge in [0.1, 0.15) is 6.23 Å². The third-order valence-electron chi connectivity index (χ3n) is 3.13. The van der Waals surface area contributed by atoms with E-state index in [1.165, 1.54) is 12.1 Å². The number of aliphatic hydroxyl groups is 1. The van der Waals surface area contributed by atoms with Crippen LogP contribution in [0.15, 0.2) is 24.3 Å². The second kappa shape index (κ2) is 8.43. The molecule has 1 radical (unpaired) electrons. The Morgan fingerprint density at radius 3 is 2.67 bits per heavy atom. The molecule has 0 aliphatic carbocycles. The number of carbonyl (C=O) groups is 1. The summed E-state index contributed by atoms with van der Waals surface area (Å²) < 4.78 is 0.259. The molecule has 1 saturated heterocycles. The fourth-order valence-electron chi connectivity index (χ4n) is 1.98. The minimum Gasteiger partial charge on any atom is -0.651 e. The van der Waals surface area contributed by atoms with Crippen LogP contribution in [0.5, 0.6) is 0 Å². The van der Waals surface area contributed by atoms with Gasteiger partial charge in [-0.1, -0.05) is 24.3 Å². The van der Waals surface area contributed by atoms with Crippen LogP contribution in [0, 0.1) is 5.21 Å². The first-order valence-corrected chi connectivity index (χ1v) is 6.34. The second-order valence-electron chi connectivity index (χ2n) is 4.49. The minimum absolute atomic E-state index is 0. The maximum Gasteiger partial charge on any atom is 0.317 e. The molecule has 7 nitrogen and oxygen atoms in total. The van der Waals surface area contributed by atoms with Gasteiger partial charge in [0.05, 0.1) is 5.69 Å². The van der Waals surface area contributed by atoms with Crippen LogP contribution in [0.1, 0.15) is 11.8 Å². The monoisotopic (exact) mass is 366 g/mol. The number of urea groups is 1. The Bertz CT molecular complexity index is 495. The number of carbonyl (C=O) groups excluding carboxylic acids is 1. The molecule has 1 aliphatic heterocycles. The summed E-state index contributed by atoms with van der Waals surface area (Å²) >= 11 is 0. The van der Waals surface area contributed by atoms with E-state index in [2.05, 4.69) is 10.6 Å². The van der Waals surface area contributed by atoms with Gasteiger partial charge in [-0.25, -0.2) is 4.79 Å². The third kappa shape index (κ3) is 5.03. The van der Waals surface area contributed by atoms with Crippen LogP contribution in [0.25, 0.3) is 0 Å². The van der Waals surface area contributed by atoms with Crippen LogP contribution < -0.4 is 10.6 Å². The summed E-state index contributed by atoms with van der Waals surface area (Å²) in [4.78, 5) is 13.0. The summed E-state index contributed by atoms with van der Waals surface area (Å²) in [6.07, 6.45) is -0.854. The molecule has 0 saturated carbocycles. The molecular formula is C13H17N4O3Y-. The van der Waals surface area contributed by atoms with Gasteiger partial charge < -0.3 is 25.3 Å². The summed E-state index contributed by atoms with van der Waals surface area (Å²) in [6, 6.07) is 6.22. The van der Waals surface area contributed by atoms with E-state index in [0.717, 1.165) is 0 Å². The SMILES string of the molecule is [CH-]=[N+]([O-])c1ccc(C(O)NCCN2CCNC2=O)cc1.[Y]. The predicted molar refractivity (Wildman–Crippen MR) is 73.7 cm³/mol. The van der Waals surface area contributed by atoms with Gasteiger partial charge in [0, 0.05) is 65.6 Å². The van der Waals surface area contributed by atoms with E-state index in [-0.39, 0.29) is 43.5 Å². The van der Waals surface area contributed by atoms with Crippen molar-refractivity contribution < 1.29 is 47.3 Å². The van der Waals surface area contributed by atoms with Gasteiger partial charge in [0.2, 0.25) is 0 Å². The maximum atomic E-state index is 11.3. The topological polar surface area (TPSA) is 90.7 Å². The number of rotatable bonds is 6. The third-order valence-corrected chi connectivity index (χ3v) is 3.13. The largest absolute Gasteiger partial charge is 0.651 e. The van der Waals surface area contributed by atoms with E-state index >= 15 is 0 Å². The zero-order valence-corrected chi connectivity index (χ0v) is 14.4. The van der Waals surface area contributed by atoms with E-state index in [9.17, 15) is 15.1 Å². The fourth-order valence-corrected chi connectivity index (χ4v) is 1.98. The molecule has 1 aliphatic rings. The Morgan fingerprint density at radius 2 is 2.14 bits per heavy atom. The number of nitrogens with zero attached hydrogens (tertiary/aromatic N) is 2. The van der Waals surface area contributed by atoms with Crippen LogP contribution in [0.4, 0.5) is 10.5 Å². The number of benzene rings is 1. The molecule has 1 unspecified atom stereocenters. The molecular weight excluding hydrogens is 349 g/mol. The van der Waals surface area contributed by atoms with E-state index < -0.39 is 6.23 Å². The molecule has 1 heterocycles. The molecule has 8 heteroatoms. The van der Waals surface area contributed by atoms with Gasteiger partial charge in [-0.15, -0.1) is 0 Å². The number of hydrogen-bond donors (Lipinski definition) is 3. The van der Waals surface area contributed by atoms with Gasteiger partial charge >= 0.3 is 6.03 Å². The van der Waals surface area contributed by atoms with E-state index in [1.54, 1.807) is 17.0 Å². The Morgan fingerprint density at radius 1 is 1.48 bits per heavy atom. The molecule has 1 aromatic carbocycles. The second-order valence-corrected chi connectivity index (χ2v) is 4.49. The van der Waals surface area contributed by atoms with Crippen LogP contribution in [-0.4, -0.2) is 53.7 Å². The summed E-state index contributed by atoms with van der Waals surface area (Å²) in [5, 5.41) is 26.4. The molecule has 1 atom stereocenters. The Balaban J connectivity index is 0.00000220. The van der Waals surface area contributed by atoms with E-state index in [4.69, 9.17) is 6.72 Å². The quantitative estimate of drug-likeness (QED) is 0.165. The summed E-state index contributed by atoms with van der Waals surface area (Å²) in [5.41, 5.74) is 0.941. The van der Waals surface area contributed by atoms with Crippen LogP contribution >= 0.6 is 0 Å². The first-order valence-electron chi connectivity index (χ1n) is 6.34. The van der Waals surface area contributed by atoms with Crippen LogP contribution in [0.2, 0.25) is 0 Å². The molecule has 21 heavy (non-hydrogen) atoms. The van der Waals surface area contributed by atoms with Crippen molar-refractivity contribution in [2.24, 2.45) is 0 Å². The minimum atomic E-state index is -0.854. The predicted octanol–water partition coefficient (Wildman–Crippen LogP) is 0.00920. The summed E-state index contributed by atoms with van der Waals surface area (Å²) in [7, 11) is 0. The number of nitrogens with one attached hydrogen (secondary N) is 2. The van der Waals surface area contributed by atoms with E-state index in [0.29, 0.717) is 37.4 Å². The smallest absolute Gasteiger partial charge is 0.317 e. The van der Waals surface area contributed by atoms with Crippen LogP contribution in [-0.2, 0) is 32.7 Å². The molecule has 2 rings (SSSR count). The van der Waals surface area contributed by atoms with Crippen molar-refractivity contribution in [1.82, 2.24) is 15.5 Å². The molecule has 1 aromatic rings. The van der Waals surface area contributed by atoms with E-state index in [1.807, 2.05) is 0 Å². The first-order chi connectivity index (χ1) is 9.58. The van der Waals surface area contributed by atoms with Gasteiger partial charge in [-0.3, -0.25) is 5.32 Å². The molecule has 0 spiro atoms.